The largest absolute Gasteiger partial charge is 0.435 e. The lowest BCUT2D eigenvalue weighted by Gasteiger charge is -2.11. The third kappa shape index (κ3) is 4.17. The Kier molecular flexibility index (Phi) is 5.56. The highest BCUT2D eigenvalue weighted by Gasteiger charge is 2.65. The van der Waals surface area contributed by atoms with Gasteiger partial charge in [-0.1, -0.05) is 42.5 Å². The standard InChI is InChI=1S/C29H26F2N4O2/c1-35(2)16-18-5-3-17(4-6-18)7-11-24-21-10-8-19(13-26(21)34-33-24)23-15-29(23)22-14-20(37-28(30)31)9-12-25(22)32-27(29)36/h3-14,23,28H,15-16H2,1-2H3,(H,32,36)(H,33,34)/b11-7+/t23-,29-/m0/s1. The van der Waals surface area contributed by atoms with E-state index in [4.69, 9.17) is 0 Å². The van der Waals surface area contributed by atoms with Crippen LogP contribution in [-0.4, -0.2) is 41.7 Å². The molecule has 0 unspecified atom stereocenters. The van der Waals surface area contributed by atoms with Gasteiger partial charge in [0.2, 0.25) is 5.91 Å². The molecule has 4 aromatic rings. The molecule has 0 bridgehead atoms. The van der Waals surface area contributed by atoms with E-state index in [1.54, 1.807) is 12.1 Å². The Balaban J connectivity index is 1.23. The van der Waals surface area contributed by atoms with Crippen LogP contribution < -0.4 is 10.1 Å². The van der Waals surface area contributed by atoms with Crippen molar-refractivity contribution in [2.45, 2.75) is 30.9 Å². The van der Waals surface area contributed by atoms with E-state index in [2.05, 4.69) is 49.4 Å². The second-order valence-electron chi connectivity index (χ2n) is 9.99. The van der Waals surface area contributed by atoms with Gasteiger partial charge in [-0.25, -0.2) is 0 Å². The molecule has 1 aliphatic carbocycles. The van der Waals surface area contributed by atoms with Gasteiger partial charge in [0.15, 0.2) is 0 Å². The van der Waals surface area contributed by atoms with E-state index in [-0.39, 0.29) is 17.6 Å². The predicted molar refractivity (Wildman–Crippen MR) is 140 cm³/mol. The molecule has 188 valence electrons. The van der Waals surface area contributed by atoms with Crippen molar-refractivity contribution in [3.63, 3.8) is 0 Å². The smallest absolute Gasteiger partial charge is 0.387 e. The average molecular weight is 501 g/mol. The molecule has 8 heteroatoms. The van der Waals surface area contributed by atoms with Crippen LogP contribution >= 0.6 is 0 Å². The van der Waals surface area contributed by atoms with E-state index in [9.17, 15) is 13.6 Å². The summed E-state index contributed by atoms with van der Waals surface area (Å²) in [5.41, 5.74) is 5.68. The normalized spacial score (nSPS) is 20.4. The fourth-order valence-corrected chi connectivity index (χ4v) is 5.42. The first-order chi connectivity index (χ1) is 17.8. The highest BCUT2D eigenvalue weighted by molar-refractivity contribution is 6.10. The first-order valence-corrected chi connectivity index (χ1v) is 12.1. The number of rotatable bonds is 7. The summed E-state index contributed by atoms with van der Waals surface area (Å²) in [5.74, 6) is -0.0994. The van der Waals surface area contributed by atoms with Crippen LogP contribution in [0.15, 0.2) is 60.7 Å². The lowest BCUT2D eigenvalue weighted by molar-refractivity contribution is -0.118. The Hall–Kier alpha value is -4.04. The van der Waals surface area contributed by atoms with Crippen molar-refractivity contribution in [2.75, 3.05) is 19.4 Å². The number of anilines is 1. The summed E-state index contributed by atoms with van der Waals surface area (Å²) < 4.78 is 30.1. The number of benzene rings is 3. The Labute approximate surface area is 212 Å². The summed E-state index contributed by atoms with van der Waals surface area (Å²) in [6.07, 6.45) is 4.64. The number of aromatic amines is 1. The van der Waals surface area contributed by atoms with Gasteiger partial charge in [-0.2, -0.15) is 13.9 Å². The zero-order valence-electron chi connectivity index (χ0n) is 20.5. The van der Waals surface area contributed by atoms with E-state index in [0.29, 0.717) is 17.7 Å². The third-order valence-corrected chi connectivity index (χ3v) is 7.24. The van der Waals surface area contributed by atoms with Crippen LogP contribution in [0, 0.1) is 0 Å². The maximum absolute atomic E-state index is 13.0. The molecule has 6 nitrogen and oxygen atoms in total. The lowest BCUT2D eigenvalue weighted by atomic mass is 9.91. The minimum absolute atomic E-state index is 0.0528. The lowest BCUT2D eigenvalue weighted by Crippen LogP contribution is -2.21. The van der Waals surface area contributed by atoms with Gasteiger partial charge >= 0.3 is 6.61 Å². The second-order valence-corrected chi connectivity index (χ2v) is 9.99. The zero-order chi connectivity index (χ0) is 25.7. The molecule has 0 saturated heterocycles. The fourth-order valence-electron chi connectivity index (χ4n) is 5.42. The van der Waals surface area contributed by atoms with Gasteiger partial charge in [-0.15, -0.1) is 0 Å². The molecule has 0 radical (unpaired) electrons. The highest BCUT2D eigenvalue weighted by atomic mass is 19.3. The van der Waals surface area contributed by atoms with Crippen molar-refractivity contribution in [1.29, 1.82) is 0 Å². The molecule has 1 aliphatic heterocycles. The summed E-state index contributed by atoms with van der Waals surface area (Å²) in [5, 5.41) is 11.5. The average Bonchev–Trinajstić information content (AvgIpc) is 3.40. The van der Waals surface area contributed by atoms with Gasteiger partial charge < -0.3 is 15.0 Å². The quantitative estimate of drug-likeness (QED) is 0.338. The molecule has 1 fully saturated rings. The minimum Gasteiger partial charge on any atom is -0.435 e. The van der Waals surface area contributed by atoms with Gasteiger partial charge in [0, 0.05) is 23.5 Å². The van der Waals surface area contributed by atoms with E-state index < -0.39 is 12.0 Å². The van der Waals surface area contributed by atoms with Crippen molar-refractivity contribution in [1.82, 2.24) is 15.1 Å². The number of fused-ring (bicyclic) bond motifs is 3. The number of aromatic nitrogens is 2. The van der Waals surface area contributed by atoms with Crippen LogP contribution in [0.4, 0.5) is 14.5 Å². The second kappa shape index (κ2) is 8.81. The Morgan fingerprint density at radius 1 is 1.11 bits per heavy atom. The van der Waals surface area contributed by atoms with E-state index in [1.807, 2.05) is 44.4 Å². The maximum atomic E-state index is 13.0. The highest BCUT2D eigenvalue weighted by Crippen LogP contribution is 2.65. The molecule has 1 spiro atoms. The maximum Gasteiger partial charge on any atom is 0.387 e. The fraction of sp³-hybridized carbons (Fsp3) is 0.241. The molecule has 2 atom stereocenters. The summed E-state index contributed by atoms with van der Waals surface area (Å²) in [6, 6.07) is 19.1. The molecule has 1 amide bonds. The van der Waals surface area contributed by atoms with Gasteiger partial charge in [0.25, 0.3) is 0 Å². The Bertz CT molecular complexity index is 1530. The van der Waals surface area contributed by atoms with Crippen molar-refractivity contribution < 1.29 is 18.3 Å². The molecule has 2 N–H and O–H groups in total. The number of halogens is 2. The molecular formula is C29H26F2N4O2. The van der Waals surface area contributed by atoms with Crippen molar-refractivity contribution in [3.05, 3.63) is 88.6 Å². The Morgan fingerprint density at radius 2 is 1.92 bits per heavy atom. The predicted octanol–water partition coefficient (Wildman–Crippen LogP) is 5.77. The summed E-state index contributed by atoms with van der Waals surface area (Å²) in [4.78, 5) is 15.1. The number of H-pyrrole nitrogens is 1. The van der Waals surface area contributed by atoms with Gasteiger partial charge in [0.05, 0.1) is 16.6 Å². The van der Waals surface area contributed by atoms with E-state index >= 15 is 0 Å². The van der Waals surface area contributed by atoms with Crippen LogP contribution in [0.25, 0.3) is 23.1 Å². The van der Waals surface area contributed by atoms with Crippen LogP contribution in [-0.2, 0) is 16.8 Å². The third-order valence-electron chi connectivity index (χ3n) is 7.24. The minimum atomic E-state index is -2.91. The van der Waals surface area contributed by atoms with Gasteiger partial charge in [0.1, 0.15) is 5.75 Å². The van der Waals surface area contributed by atoms with Crippen LogP contribution in [0.5, 0.6) is 5.75 Å². The number of hydrogen-bond acceptors (Lipinski definition) is 4. The van der Waals surface area contributed by atoms with Crippen molar-refractivity contribution >= 4 is 34.6 Å². The molecule has 3 aromatic carbocycles. The van der Waals surface area contributed by atoms with Gasteiger partial charge in [-0.3, -0.25) is 9.89 Å². The first kappa shape index (κ1) is 23.4. The number of hydrogen-bond donors (Lipinski definition) is 2. The first-order valence-electron chi connectivity index (χ1n) is 12.1. The van der Waals surface area contributed by atoms with E-state index in [0.717, 1.165) is 34.3 Å². The number of nitrogens with zero attached hydrogens (tertiary/aromatic N) is 2. The monoisotopic (exact) mass is 500 g/mol. The zero-order valence-corrected chi connectivity index (χ0v) is 20.5. The van der Waals surface area contributed by atoms with E-state index in [1.165, 1.54) is 11.6 Å². The number of carbonyl (C=O) groups is 1. The summed E-state index contributed by atoms with van der Waals surface area (Å²) in [7, 11) is 4.10. The molecular weight excluding hydrogens is 474 g/mol. The summed E-state index contributed by atoms with van der Waals surface area (Å²) >= 11 is 0. The van der Waals surface area contributed by atoms with Crippen LogP contribution in [0.2, 0.25) is 0 Å². The molecule has 37 heavy (non-hydrogen) atoms. The topological polar surface area (TPSA) is 70.2 Å². The van der Waals surface area contributed by atoms with Crippen molar-refractivity contribution in [3.8, 4) is 5.75 Å². The molecule has 2 aliphatic rings. The number of ether oxygens (including phenoxy) is 1. The number of carbonyl (C=O) groups excluding carboxylic acids is 1. The molecule has 2 heterocycles. The number of nitrogens with one attached hydrogen (secondary N) is 2. The SMILES string of the molecule is CN(C)Cc1ccc(/C=C/c2n[nH]c3cc([C@@H]4C[C@@]45C(=O)Nc4ccc(OC(F)F)cc45)ccc23)cc1. The number of alkyl halides is 2. The van der Waals surface area contributed by atoms with Crippen LogP contribution in [0.1, 0.15) is 40.3 Å². The Morgan fingerprint density at radius 3 is 2.68 bits per heavy atom. The molecule has 6 rings (SSSR count). The molecule has 1 aromatic heterocycles. The van der Waals surface area contributed by atoms with Gasteiger partial charge in [-0.05, 0) is 73.1 Å². The van der Waals surface area contributed by atoms with Crippen molar-refractivity contribution in [2.24, 2.45) is 0 Å². The number of amides is 1. The molecule has 1 saturated carbocycles. The summed E-state index contributed by atoms with van der Waals surface area (Å²) in [6.45, 7) is -2.02. The van der Waals surface area contributed by atoms with Crippen LogP contribution in [0.3, 0.4) is 0 Å².